The van der Waals surface area contributed by atoms with Crippen LogP contribution in [0.2, 0.25) is 0 Å². The maximum atomic E-state index is 5.64. The molecule has 0 fully saturated rings. The van der Waals surface area contributed by atoms with Crippen LogP contribution in [0.15, 0.2) is 12.1 Å². The summed E-state index contributed by atoms with van der Waals surface area (Å²) in [4.78, 5) is 0. The molecule has 0 amide bonds. The van der Waals surface area contributed by atoms with E-state index in [-0.39, 0.29) is 8.81 Å². The van der Waals surface area contributed by atoms with Gasteiger partial charge in [0.25, 0.3) is 0 Å². The fourth-order valence-electron chi connectivity index (χ4n) is 0.825. The highest BCUT2D eigenvalue weighted by Gasteiger charge is 2.06. The van der Waals surface area contributed by atoms with E-state index in [1.807, 2.05) is 0 Å². The van der Waals surface area contributed by atoms with E-state index >= 15 is 0 Å². The highest BCUT2D eigenvalue weighted by molar-refractivity contribution is 7.43. The van der Waals surface area contributed by atoms with Crippen molar-refractivity contribution in [1.29, 1.82) is 0 Å². The maximum Gasteiger partial charge on any atom is 0.0754 e. The Morgan fingerprint density at radius 2 is 1.67 bits per heavy atom. The van der Waals surface area contributed by atoms with E-state index in [1.54, 1.807) is 12.1 Å². The van der Waals surface area contributed by atoms with E-state index in [0.717, 1.165) is 0 Å². The molecular formula is C6H11N4OP. The van der Waals surface area contributed by atoms with Gasteiger partial charge in [0.05, 0.1) is 20.2 Å². The van der Waals surface area contributed by atoms with Gasteiger partial charge >= 0.3 is 0 Å². The van der Waals surface area contributed by atoms with E-state index in [2.05, 4.69) is 4.62 Å². The molecule has 0 aliphatic carbocycles. The van der Waals surface area contributed by atoms with Gasteiger partial charge in [-0.3, -0.25) is 4.62 Å². The Hall–Kier alpha value is -1.03. The molecule has 0 aliphatic rings. The highest BCUT2D eigenvalue weighted by Crippen LogP contribution is 2.24. The number of anilines is 3. The zero-order valence-electron chi connectivity index (χ0n) is 6.37. The van der Waals surface area contributed by atoms with Crippen LogP contribution >= 0.6 is 8.81 Å². The first kappa shape index (κ1) is 9.06. The molecule has 0 saturated carbocycles. The molecule has 8 N–H and O–H groups in total. The molecule has 1 unspecified atom stereocenters. The quantitative estimate of drug-likeness (QED) is 0.283. The fraction of sp³-hybridized carbons (Fsp3) is 0. The van der Waals surface area contributed by atoms with Gasteiger partial charge in [-0.25, -0.2) is 5.90 Å². The van der Waals surface area contributed by atoms with Crippen molar-refractivity contribution in [2.75, 3.05) is 17.2 Å². The summed E-state index contributed by atoms with van der Waals surface area (Å²) in [5.74, 6) is 4.91. The average Bonchev–Trinajstić information content (AvgIpc) is 2.06. The van der Waals surface area contributed by atoms with Crippen molar-refractivity contribution in [2.45, 2.75) is 0 Å². The van der Waals surface area contributed by atoms with Crippen LogP contribution in [0.5, 0.6) is 0 Å². The lowest BCUT2D eigenvalue weighted by atomic mass is 10.2. The first-order valence-electron chi connectivity index (χ1n) is 3.22. The predicted molar refractivity (Wildman–Crippen MR) is 52.9 cm³/mol. The topological polar surface area (TPSA) is 113 Å². The molecule has 1 rings (SSSR count). The molecule has 1 aromatic carbocycles. The minimum atomic E-state index is -0.0710. The first-order chi connectivity index (χ1) is 5.66. The summed E-state index contributed by atoms with van der Waals surface area (Å²) >= 11 is 0. The van der Waals surface area contributed by atoms with Gasteiger partial charge in [-0.15, -0.1) is 0 Å². The van der Waals surface area contributed by atoms with Gasteiger partial charge in [-0.2, -0.15) is 0 Å². The number of nitrogens with two attached hydrogens (primary N) is 4. The number of hydrogen-bond donors (Lipinski definition) is 4. The second-order valence-corrected chi connectivity index (χ2v) is 3.19. The van der Waals surface area contributed by atoms with Crippen LogP contribution in [-0.2, 0) is 4.62 Å². The van der Waals surface area contributed by atoms with Crippen molar-refractivity contribution >= 4 is 31.2 Å². The van der Waals surface area contributed by atoms with E-state index < -0.39 is 0 Å². The molecule has 0 radical (unpaired) electrons. The van der Waals surface area contributed by atoms with Crippen molar-refractivity contribution in [3.8, 4) is 0 Å². The Morgan fingerprint density at radius 1 is 1.08 bits per heavy atom. The molecule has 0 heterocycles. The summed E-state index contributed by atoms with van der Waals surface area (Å²) in [5, 5.41) is 0.664. The van der Waals surface area contributed by atoms with Crippen LogP contribution < -0.4 is 28.4 Å². The maximum absolute atomic E-state index is 5.64. The van der Waals surface area contributed by atoms with E-state index in [0.29, 0.717) is 22.4 Å². The Morgan fingerprint density at radius 3 is 2.25 bits per heavy atom. The lowest BCUT2D eigenvalue weighted by Gasteiger charge is -2.08. The predicted octanol–water partition coefficient (Wildman–Crippen LogP) is -0.458. The Bertz CT molecular complexity index is 291. The van der Waals surface area contributed by atoms with Crippen molar-refractivity contribution < 1.29 is 4.62 Å². The Kier molecular flexibility index (Phi) is 2.70. The molecule has 1 atom stereocenters. The molecule has 5 nitrogen and oxygen atoms in total. The van der Waals surface area contributed by atoms with Gasteiger partial charge in [0.15, 0.2) is 0 Å². The third-order valence-electron chi connectivity index (χ3n) is 1.47. The second-order valence-electron chi connectivity index (χ2n) is 2.25. The summed E-state index contributed by atoms with van der Waals surface area (Å²) < 4.78 is 4.46. The van der Waals surface area contributed by atoms with Crippen molar-refractivity contribution in [2.24, 2.45) is 5.90 Å². The van der Waals surface area contributed by atoms with Crippen molar-refractivity contribution in [1.82, 2.24) is 0 Å². The van der Waals surface area contributed by atoms with Gasteiger partial charge in [0, 0.05) is 11.0 Å². The molecule has 12 heavy (non-hydrogen) atoms. The SMILES string of the molecule is NOPc1c(N)ccc(N)c1N. The molecule has 0 spiro atoms. The summed E-state index contributed by atoms with van der Waals surface area (Å²) in [5.41, 5.74) is 18.3. The number of hydrogen-bond acceptors (Lipinski definition) is 5. The normalized spacial score (nSPS) is 11.1. The molecule has 6 heteroatoms. The smallest absolute Gasteiger partial charge is 0.0754 e. The molecule has 66 valence electrons. The van der Waals surface area contributed by atoms with E-state index in [4.69, 9.17) is 23.1 Å². The highest BCUT2D eigenvalue weighted by atomic mass is 31.1. The average molecular weight is 186 g/mol. The molecule has 0 saturated heterocycles. The van der Waals surface area contributed by atoms with Gasteiger partial charge in [-0.05, 0) is 12.1 Å². The molecule has 0 aliphatic heterocycles. The van der Waals surface area contributed by atoms with Crippen LogP contribution in [-0.4, -0.2) is 0 Å². The molecule has 1 aromatic rings. The lowest BCUT2D eigenvalue weighted by Crippen LogP contribution is -2.13. The van der Waals surface area contributed by atoms with Crippen LogP contribution in [0.25, 0.3) is 0 Å². The van der Waals surface area contributed by atoms with E-state index in [9.17, 15) is 0 Å². The minimum Gasteiger partial charge on any atom is -0.398 e. The van der Waals surface area contributed by atoms with Crippen LogP contribution in [0.3, 0.4) is 0 Å². The summed E-state index contributed by atoms with van der Waals surface area (Å²) in [6, 6.07) is 3.32. The van der Waals surface area contributed by atoms with Crippen LogP contribution in [0.4, 0.5) is 17.1 Å². The molecule has 0 aromatic heterocycles. The fourth-order valence-corrected chi connectivity index (χ4v) is 1.40. The first-order valence-corrected chi connectivity index (χ1v) is 4.12. The molecular weight excluding hydrogens is 175 g/mol. The van der Waals surface area contributed by atoms with Gasteiger partial charge in [-0.1, -0.05) is 0 Å². The van der Waals surface area contributed by atoms with Gasteiger partial charge in [0.2, 0.25) is 0 Å². The lowest BCUT2D eigenvalue weighted by molar-refractivity contribution is 0.390. The number of nitrogen functional groups attached to an aromatic ring is 3. The third-order valence-corrected chi connectivity index (χ3v) is 2.35. The third kappa shape index (κ3) is 1.58. The number of benzene rings is 1. The minimum absolute atomic E-state index is 0.0710. The number of rotatable bonds is 2. The second kappa shape index (κ2) is 3.58. The monoisotopic (exact) mass is 186 g/mol. The van der Waals surface area contributed by atoms with Gasteiger partial charge < -0.3 is 17.2 Å². The summed E-state index contributed by atoms with van der Waals surface area (Å²) in [6.45, 7) is 0. The van der Waals surface area contributed by atoms with Gasteiger partial charge in [0.1, 0.15) is 0 Å². The standard InChI is InChI=1S/C6H11N4OP/c7-3-1-2-4(8)6(5(3)9)12-11-10/h1-2,12H,7-10H2. The Balaban J connectivity index is 3.14. The summed E-state index contributed by atoms with van der Waals surface area (Å²) in [7, 11) is -0.0710. The van der Waals surface area contributed by atoms with Crippen molar-refractivity contribution in [3.05, 3.63) is 12.1 Å². The van der Waals surface area contributed by atoms with Crippen LogP contribution in [0.1, 0.15) is 0 Å². The van der Waals surface area contributed by atoms with Crippen molar-refractivity contribution in [3.63, 3.8) is 0 Å². The zero-order valence-corrected chi connectivity index (χ0v) is 7.37. The van der Waals surface area contributed by atoms with Crippen LogP contribution in [0, 0.1) is 0 Å². The summed E-state index contributed by atoms with van der Waals surface area (Å²) in [6.07, 6.45) is 0. The molecule has 0 bridgehead atoms. The zero-order chi connectivity index (χ0) is 9.14. The van der Waals surface area contributed by atoms with E-state index in [1.165, 1.54) is 0 Å². The largest absolute Gasteiger partial charge is 0.398 e. The Labute approximate surface area is 71.9 Å².